The van der Waals surface area contributed by atoms with Crippen LogP contribution in [0.3, 0.4) is 0 Å². The first-order chi connectivity index (χ1) is 19.9. The number of hydrogen-bond acceptors (Lipinski definition) is 7. The van der Waals surface area contributed by atoms with Gasteiger partial charge >= 0.3 is 0 Å². The van der Waals surface area contributed by atoms with Crippen LogP contribution in [0.4, 0.5) is 11.6 Å². The van der Waals surface area contributed by atoms with Crippen LogP contribution >= 0.6 is 11.3 Å². The normalized spacial score (nSPS) is 17.1. The molecule has 0 saturated heterocycles. The van der Waals surface area contributed by atoms with Crippen molar-refractivity contribution in [2.24, 2.45) is 0 Å². The molecule has 1 aliphatic carbocycles. The van der Waals surface area contributed by atoms with Crippen LogP contribution in [0.25, 0.3) is 16.6 Å². The Morgan fingerprint density at radius 3 is 2.76 bits per heavy atom. The molecule has 1 amide bonds. The molecule has 0 spiro atoms. The van der Waals surface area contributed by atoms with Gasteiger partial charge in [-0.1, -0.05) is 30.4 Å². The summed E-state index contributed by atoms with van der Waals surface area (Å²) >= 11 is 1.70. The summed E-state index contributed by atoms with van der Waals surface area (Å²) in [5.74, 6) is 0.428. The zero-order chi connectivity index (χ0) is 28.5. The van der Waals surface area contributed by atoms with Crippen LogP contribution in [0.15, 0.2) is 71.0 Å². The van der Waals surface area contributed by atoms with E-state index in [0.29, 0.717) is 29.4 Å². The third kappa shape index (κ3) is 5.60. The molecule has 4 heterocycles. The smallest absolute Gasteiger partial charge is 0.265 e. The van der Waals surface area contributed by atoms with Gasteiger partial charge in [-0.25, -0.2) is 4.98 Å². The zero-order valence-electron chi connectivity index (χ0n) is 23.6. The first kappa shape index (κ1) is 27.1. The van der Waals surface area contributed by atoms with Gasteiger partial charge in [-0.15, -0.1) is 11.3 Å². The van der Waals surface area contributed by atoms with E-state index in [1.807, 2.05) is 12.1 Å². The largest absolute Gasteiger partial charge is 0.345 e. The molecule has 0 radical (unpaired) electrons. The average molecular weight is 567 g/mol. The summed E-state index contributed by atoms with van der Waals surface area (Å²) in [6, 6.07) is 12.0. The molecule has 41 heavy (non-hydrogen) atoms. The summed E-state index contributed by atoms with van der Waals surface area (Å²) in [4.78, 5) is 41.0. The van der Waals surface area contributed by atoms with E-state index in [0.717, 1.165) is 43.6 Å². The number of nitrogens with one attached hydrogen (secondary N) is 1. The maximum absolute atomic E-state index is 13.8. The number of nitrogens with zero attached hydrogens (tertiary/aromatic N) is 5. The maximum Gasteiger partial charge on any atom is 0.265 e. The second-order valence-corrected chi connectivity index (χ2v) is 11.9. The minimum atomic E-state index is -0.353. The predicted octanol–water partition coefficient (Wildman–Crippen LogP) is 5.50. The van der Waals surface area contributed by atoms with Crippen LogP contribution in [0.1, 0.15) is 51.5 Å². The SMILES string of the molecule is CN1CC=CC(c2ccc(Nc3ncc4cc(C(=O)N(C)C)c(=O)n(Cc5ccsc5C5=CCCC5)c4n3)cc2)C1. The Kier molecular flexibility index (Phi) is 7.55. The van der Waals surface area contributed by atoms with Crippen molar-refractivity contribution >= 4 is 45.5 Å². The molecule has 0 bridgehead atoms. The number of likely N-dealkylation sites (N-methyl/N-ethyl adjacent to an activating group) is 1. The summed E-state index contributed by atoms with van der Waals surface area (Å²) < 4.78 is 1.62. The lowest BCUT2D eigenvalue weighted by molar-refractivity contribution is 0.0825. The van der Waals surface area contributed by atoms with Gasteiger partial charge in [-0.3, -0.25) is 14.2 Å². The topological polar surface area (TPSA) is 83.4 Å². The Balaban J connectivity index is 1.36. The van der Waals surface area contributed by atoms with Crippen LogP contribution in [0.2, 0.25) is 0 Å². The first-order valence-corrected chi connectivity index (χ1v) is 14.9. The second-order valence-electron chi connectivity index (χ2n) is 11.0. The van der Waals surface area contributed by atoms with Gasteiger partial charge in [0.25, 0.3) is 11.5 Å². The second kappa shape index (κ2) is 11.4. The fourth-order valence-corrected chi connectivity index (χ4v) is 6.57. The number of pyridine rings is 1. The van der Waals surface area contributed by atoms with Crippen molar-refractivity contribution in [3.8, 4) is 0 Å². The summed E-state index contributed by atoms with van der Waals surface area (Å²) in [7, 11) is 5.43. The highest BCUT2D eigenvalue weighted by Gasteiger charge is 2.21. The van der Waals surface area contributed by atoms with Gasteiger partial charge in [0.05, 0.1) is 6.54 Å². The Labute approximate surface area is 243 Å². The van der Waals surface area contributed by atoms with E-state index in [9.17, 15) is 9.59 Å². The fourth-order valence-electron chi connectivity index (χ4n) is 5.58. The Morgan fingerprint density at radius 2 is 2.02 bits per heavy atom. The van der Waals surface area contributed by atoms with Crippen molar-refractivity contribution in [1.82, 2.24) is 24.3 Å². The highest BCUT2D eigenvalue weighted by atomic mass is 32.1. The van der Waals surface area contributed by atoms with E-state index in [1.165, 1.54) is 20.9 Å². The summed E-state index contributed by atoms with van der Waals surface area (Å²) in [6.07, 6.45) is 11.7. The van der Waals surface area contributed by atoms with Crippen LogP contribution in [0, 0.1) is 0 Å². The molecule has 1 aliphatic heterocycles. The van der Waals surface area contributed by atoms with Gasteiger partial charge in [0, 0.05) is 55.3 Å². The van der Waals surface area contributed by atoms with Gasteiger partial charge in [0.2, 0.25) is 5.95 Å². The van der Waals surface area contributed by atoms with E-state index < -0.39 is 0 Å². The highest BCUT2D eigenvalue weighted by molar-refractivity contribution is 7.11. The number of carbonyl (C=O) groups excluding carboxylic acids is 1. The minimum Gasteiger partial charge on any atom is -0.345 e. The molecule has 4 aromatic rings. The zero-order valence-corrected chi connectivity index (χ0v) is 24.4. The van der Waals surface area contributed by atoms with Crippen molar-refractivity contribution in [2.45, 2.75) is 31.7 Å². The van der Waals surface area contributed by atoms with Crippen molar-refractivity contribution in [3.63, 3.8) is 0 Å². The number of carbonyl (C=O) groups is 1. The average Bonchev–Trinajstić information content (AvgIpc) is 3.67. The van der Waals surface area contributed by atoms with E-state index in [-0.39, 0.29) is 17.0 Å². The lowest BCUT2D eigenvalue weighted by Gasteiger charge is -2.25. The fraction of sp³-hybridized carbons (Fsp3) is 0.312. The molecule has 1 atom stereocenters. The Morgan fingerprint density at radius 1 is 1.20 bits per heavy atom. The molecule has 1 N–H and O–H groups in total. The van der Waals surface area contributed by atoms with Crippen molar-refractivity contribution in [2.75, 3.05) is 39.5 Å². The molecular formula is C32H34N6O2S. The number of anilines is 2. The summed E-state index contributed by atoms with van der Waals surface area (Å²) in [5, 5.41) is 6.01. The number of amides is 1. The maximum atomic E-state index is 13.8. The van der Waals surface area contributed by atoms with Crippen molar-refractivity contribution in [1.29, 1.82) is 0 Å². The molecule has 9 heteroatoms. The Hall–Kier alpha value is -4.08. The first-order valence-electron chi connectivity index (χ1n) is 14.0. The van der Waals surface area contributed by atoms with E-state index in [2.05, 4.69) is 64.1 Å². The van der Waals surface area contributed by atoms with Gasteiger partial charge < -0.3 is 15.1 Å². The molecule has 0 saturated carbocycles. The van der Waals surface area contributed by atoms with E-state index >= 15 is 0 Å². The van der Waals surface area contributed by atoms with Gasteiger partial charge in [0.1, 0.15) is 11.2 Å². The van der Waals surface area contributed by atoms with Gasteiger partial charge in [-0.2, -0.15) is 4.98 Å². The number of aromatic nitrogens is 3. The molecule has 1 unspecified atom stereocenters. The van der Waals surface area contributed by atoms with Crippen molar-refractivity contribution < 1.29 is 4.79 Å². The highest BCUT2D eigenvalue weighted by Crippen LogP contribution is 2.34. The lowest BCUT2D eigenvalue weighted by Crippen LogP contribution is -2.33. The lowest BCUT2D eigenvalue weighted by atomic mass is 9.96. The predicted molar refractivity (Wildman–Crippen MR) is 166 cm³/mol. The number of benzene rings is 1. The molecule has 3 aromatic heterocycles. The molecule has 6 rings (SSSR count). The number of allylic oxidation sites excluding steroid dienone is 2. The number of rotatable bonds is 7. The van der Waals surface area contributed by atoms with Crippen LogP contribution < -0.4 is 10.9 Å². The van der Waals surface area contributed by atoms with Crippen LogP contribution in [0.5, 0.6) is 0 Å². The van der Waals surface area contributed by atoms with E-state index in [1.54, 1.807) is 42.3 Å². The summed E-state index contributed by atoms with van der Waals surface area (Å²) in [6.45, 7) is 2.31. The molecule has 0 fully saturated rings. The van der Waals surface area contributed by atoms with E-state index in [4.69, 9.17) is 4.98 Å². The molecule has 1 aromatic carbocycles. The molecule has 210 valence electrons. The standard InChI is InChI=1S/C32H34N6O2S/c1-36(2)30(39)27-17-25-18-33-32(34-26-12-10-21(11-13-26)23-9-6-15-37(3)19-23)35-29(25)38(31(27)40)20-24-14-16-41-28(24)22-7-4-5-8-22/h6-7,9-14,16-18,23H,4-5,8,15,19-20H2,1-3H3,(H,33,34,35). The number of thiophene rings is 1. The molecular weight excluding hydrogens is 532 g/mol. The van der Waals surface area contributed by atoms with Gasteiger partial charge in [0.15, 0.2) is 0 Å². The third-order valence-electron chi connectivity index (χ3n) is 7.76. The molecule has 8 nitrogen and oxygen atoms in total. The van der Waals surface area contributed by atoms with Crippen molar-refractivity contribution in [3.05, 3.63) is 98.1 Å². The quantitative estimate of drug-likeness (QED) is 0.298. The monoisotopic (exact) mass is 566 g/mol. The van der Waals surface area contributed by atoms with Crippen LogP contribution in [-0.4, -0.2) is 64.5 Å². The third-order valence-corrected chi connectivity index (χ3v) is 8.79. The number of hydrogen-bond donors (Lipinski definition) is 1. The minimum absolute atomic E-state index is 0.113. The van der Waals surface area contributed by atoms with Crippen LogP contribution in [-0.2, 0) is 6.54 Å². The number of fused-ring (bicyclic) bond motifs is 1. The Bertz CT molecular complexity index is 1720. The molecule has 2 aliphatic rings. The van der Waals surface area contributed by atoms with Gasteiger partial charge in [-0.05, 0) is 72.7 Å². The summed E-state index contributed by atoms with van der Waals surface area (Å²) in [5.41, 5.74) is 4.77.